The Labute approximate surface area is 182 Å². The van der Waals surface area contributed by atoms with Gasteiger partial charge in [0, 0.05) is 21.7 Å². The number of aromatic nitrogens is 3. The minimum Gasteiger partial charge on any atom is -0.480 e. The summed E-state index contributed by atoms with van der Waals surface area (Å²) in [5.41, 5.74) is 3.97. The average molecular weight is 431 g/mol. The van der Waals surface area contributed by atoms with Gasteiger partial charge in [-0.3, -0.25) is 0 Å². The van der Waals surface area contributed by atoms with Crippen LogP contribution in [0.2, 0.25) is 5.02 Å². The van der Waals surface area contributed by atoms with E-state index < -0.39 is 12.1 Å². The Morgan fingerprint density at radius 1 is 1.00 bits per heavy atom. The van der Waals surface area contributed by atoms with Gasteiger partial charge >= 0.3 is 0 Å². The second-order valence-corrected chi connectivity index (χ2v) is 7.89. The summed E-state index contributed by atoms with van der Waals surface area (Å²) in [7, 11) is 0. The third-order valence-electron chi connectivity index (χ3n) is 5.67. The van der Waals surface area contributed by atoms with Gasteiger partial charge in [0.25, 0.3) is 0 Å². The smallest absolute Gasteiger partial charge is 0.226 e. The molecule has 0 aliphatic carbocycles. The van der Waals surface area contributed by atoms with Gasteiger partial charge in [0.05, 0.1) is 5.70 Å². The summed E-state index contributed by atoms with van der Waals surface area (Å²) < 4.78 is 23.2. The maximum atomic E-state index is 15.1. The number of para-hydroxylation sites is 1. The summed E-state index contributed by atoms with van der Waals surface area (Å²) in [6, 6.07) is 21.5. The van der Waals surface area contributed by atoms with Gasteiger partial charge in [-0.2, -0.15) is 10.1 Å². The SMILES string of the molecule is Fc1ccccc1[C@H]1C2=C(Nc3ncnn31)c1ccccc1O[C@H]2c1cccc(Cl)c1. The largest absolute Gasteiger partial charge is 0.480 e. The second-order valence-electron chi connectivity index (χ2n) is 7.46. The van der Waals surface area contributed by atoms with Gasteiger partial charge in [0.15, 0.2) is 0 Å². The number of hydrogen-bond acceptors (Lipinski definition) is 4. The van der Waals surface area contributed by atoms with Crippen LogP contribution in [0.15, 0.2) is 84.7 Å². The molecule has 1 aromatic heterocycles. The van der Waals surface area contributed by atoms with Crippen molar-refractivity contribution in [3.63, 3.8) is 0 Å². The van der Waals surface area contributed by atoms with Crippen LogP contribution >= 0.6 is 11.6 Å². The van der Waals surface area contributed by atoms with E-state index in [-0.39, 0.29) is 5.82 Å². The first-order valence-electron chi connectivity index (χ1n) is 9.87. The first-order valence-corrected chi connectivity index (χ1v) is 10.2. The Morgan fingerprint density at radius 3 is 2.71 bits per heavy atom. The molecule has 0 saturated carbocycles. The maximum Gasteiger partial charge on any atom is 0.226 e. The van der Waals surface area contributed by atoms with E-state index >= 15 is 4.39 Å². The number of benzene rings is 3. The first-order chi connectivity index (χ1) is 15.2. The van der Waals surface area contributed by atoms with Crippen LogP contribution in [0.1, 0.15) is 28.8 Å². The highest BCUT2D eigenvalue weighted by Crippen LogP contribution is 2.50. The molecule has 0 spiro atoms. The van der Waals surface area contributed by atoms with Gasteiger partial charge in [-0.05, 0) is 35.9 Å². The lowest BCUT2D eigenvalue weighted by Gasteiger charge is -2.39. The van der Waals surface area contributed by atoms with Crippen molar-refractivity contribution in [2.24, 2.45) is 0 Å². The summed E-state index contributed by atoms with van der Waals surface area (Å²) >= 11 is 6.31. The Kier molecular flexibility index (Phi) is 4.07. The number of halogens is 2. The monoisotopic (exact) mass is 430 g/mol. The zero-order chi connectivity index (χ0) is 20.9. The molecule has 0 bridgehead atoms. The molecule has 6 rings (SSSR count). The van der Waals surface area contributed by atoms with Crippen molar-refractivity contribution in [3.8, 4) is 5.75 Å². The van der Waals surface area contributed by atoms with E-state index in [1.165, 1.54) is 12.4 Å². The molecule has 7 heteroatoms. The van der Waals surface area contributed by atoms with E-state index in [0.29, 0.717) is 16.5 Å². The Balaban J connectivity index is 1.66. The molecule has 0 unspecified atom stereocenters. The number of rotatable bonds is 2. The van der Waals surface area contributed by atoms with Crippen LogP contribution in [-0.4, -0.2) is 14.8 Å². The molecule has 0 radical (unpaired) electrons. The molecule has 2 atom stereocenters. The van der Waals surface area contributed by atoms with Gasteiger partial charge < -0.3 is 10.1 Å². The molecule has 0 amide bonds. The molecule has 2 aliphatic heterocycles. The summed E-state index contributed by atoms with van der Waals surface area (Å²) in [5.74, 6) is 0.971. The topological polar surface area (TPSA) is 52.0 Å². The lowest BCUT2D eigenvalue weighted by molar-refractivity contribution is 0.222. The lowest BCUT2D eigenvalue weighted by atomic mass is 9.84. The fraction of sp³-hybridized carbons (Fsp3) is 0.0833. The summed E-state index contributed by atoms with van der Waals surface area (Å²) in [6.07, 6.45) is 0.980. The summed E-state index contributed by atoms with van der Waals surface area (Å²) in [5, 5.41) is 8.42. The van der Waals surface area contributed by atoms with Gasteiger partial charge in [-0.1, -0.05) is 54.1 Å². The van der Waals surface area contributed by atoms with Crippen molar-refractivity contribution in [2.45, 2.75) is 12.1 Å². The van der Waals surface area contributed by atoms with Crippen LogP contribution in [0.4, 0.5) is 10.3 Å². The van der Waals surface area contributed by atoms with E-state index in [4.69, 9.17) is 16.3 Å². The molecule has 2 aliphatic rings. The highest BCUT2D eigenvalue weighted by molar-refractivity contribution is 6.30. The van der Waals surface area contributed by atoms with Crippen LogP contribution in [-0.2, 0) is 0 Å². The summed E-state index contributed by atoms with van der Waals surface area (Å²) in [6.45, 7) is 0. The number of nitrogens with one attached hydrogen (secondary N) is 1. The molecular weight excluding hydrogens is 415 g/mol. The Morgan fingerprint density at radius 2 is 1.84 bits per heavy atom. The molecule has 5 nitrogen and oxygen atoms in total. The number of nitrogens with zero attached hydrogens (tertiary/aromatic N) is 3. The summed E-state index contributed by atoms with van der Waals surface area (Å²) in [4.78, 5) is 4.36. The minimum atomic E-state index is -0.535. The van der Waals surface area contributed by atoms with Gasteiger partial charge in [0.1, 0.15) is 30.0 Å². The maximum absolute atomic E-state index is 15.1. The fourth-order valence-electron chi connectivity index (χ4n) is 4.36. The number of fused-ring (bicyclic) bond motifs is 3. The third-order valence-corrected chi connectivity index (χ3v) is 5.91. The second kappa shape index (κ2) is 6.96. The highest BCUT2D eigenvalue weighted by Gasteiger charge is 2.41. The van der Waals surface area contributed by atoms with Gasteiger partial charge in [0.2, 0.25) is 5.95 Å². The van der Waals surface area contributed by atoms with Crippen molar-refractivity contribution >= 4 is 23.2 Å². The average Bonchev–Trinajstić information content (AvgIpc) is 3.26. The fourth-order valence-corrected chi connectivity index (χ4v) is 4.56. The molecule has 3 aromatic carbocycles. The molecule has 0 saturated heterocycles. The van der Waals surface area contributed by atoms with Gasteiger partial charge in [-0.15, -0.1) is 0 Å². The lowest BCUT2D eigenvalue weighted by Crippen LogP contribution is -2.32. The highest BCUT2D eigenvalue weighted by atomic mass is 35.5. The quantitative estimate of drug-likeness (QED) is 0.447. The van der Waals surface area contributed by atoms with Crippen molar-refractivity contribution in [3.05, 3.63) is 112 Å². The zero-order valence-corrected chi connectivity index (χ0v) is 16.9. The van der Waals surface area contributed by atoms with Crippen molar-refractivity contribution in [1.29, 1.82) is 0 Å². The van der Waals surface area contributed by atoms with Crippen molar-refractivity contribution in [2.75, 3.05) is 5.32 Å². The van der Waals surface area contributed by atoms with E-state index in [9.17, 15) is 0 Å². The third kappa shape index (κ3) is 2.83. The van der Waals surface area contributed by atoms with Crippen LogP contribution < -0.4 is 10.1 Å². The molecule has 152 valence electrons. The number of hydrogen-bond donors (Lipinski definition) is 1. The minimum absolute atomic E-state index is 0.314. The van der Waals surface area contributed by atoms with E-state index in [1.807, 2.05) is 54.6 Å². The predicted molar refractivity (Wildman–Crippen MR) is 116 cm³/mol. The first kappa shape index (κ1) is 18.2. The molecular formula is C24H16ClFN4O. The Bertz CT molecular complexity index is 1350. The van der Waals surface area contributed by atoms with Crippen molar-refractivity contribution in [1.82, 2.24) is 14.8 Å². The number of ether oxygens (including phenoxy) is 1. The zero-order valence-electron chi connectivity index (χ0n) is 16.2. The van der Waals surface area contributed by atoms with Crippen LogP contribution in [0.3, 0.4) is 0 Å². The van der Waals surface area contributed by atoms with E-state index in [2.05, 4.69) is 15.4 Å². The Hall–Kier alpha value is -3.64. The van der Waals surface area contributed by atoms with E-state index in [1.54, 1.807) is 16.8 Å². The molecule has 0 fully saturated rings. The van der Waals surface area contributed by atoms with Crippen LogP contribution in [0, 0.1) is 5.82 Å². The normalized spacial score (nSPS) is 19.0. The molecule has 3 heterocycles. The van der Waals surface area contributed by atoms with Crippen LogP contribution in [0.25, 0.3) is 5.70 Å². The standard InChI is InChI=1S/C24H16ClFN4O/c25-15-7-5-6-14(12-15)23-20-21(17-9-2-4-11-19(17)31-23)29-24-27-13-28-30(24)22(20)16-8-1-3-10-18(16)26/h1-13,22-23H,(H,27,28,29)/t22-,23-/m0/s1. The van der Waals surface area contributed by atoms with E-state index in [0.717, 1.165) is 28.1 Å². The van der Waals surface area contributed by atoms with Crippen LogP contribution in [0.5, 0.6) is 5.75 Å². The van der Waals surface area contributed by atoms with Crippen molar-refractivity contribution < 1.29 is 9.13 Å². The predicted octanol–water partition coefficient (Wildman–Crippen LogP) is 5.63. The molecule has 1 N–H and O–H groups in total. The molecule has 31 heavy (non-hydrogen) atoms. The number of anilines is 1. The van der Waals surface area contributed by atoms with Gasteiger partial charge in [-0.25, -0.2) is 9.07 Å². The molecule has 4 aromatic rings.